The van der Waals surface area contributed by atoms with Crippen molar-refractivity contribution in [3.63, 3.8) is 0 Å². The molecular weight excluding hydrogens is 168 g/mol. The molecule has 0 radical (unpaired) electrons. The van der Waals surface area contributed by atoms with Gasteiger partial charge in [-0.25, -0.2) is 0 Å². The molecule has 0 aliphatic heterocycles. The number of allylic oxidation sites excluding steroid dienone is 2. The van der Waals surface area contributed by atoms with Crippen LogP contribution in [0.1, 0.15) is 61.3 Å². The smallest absolute Gasteiger partial charge is 0.0284 e. The molecule has 0 nitrogen and oxygen atoms in total. The lowest BCUT2D eigenvalue weighted by Gasteiger charge is -2.18. The molecule has 2 atom stereocenters. The van der Waals surface area contributed by atoms with E-state index in [0.717, 1.165) is 17.8 Å². The fourth-order valence-corrected chi connectivity index (χ4v) is 2.41. The van der Waals surface area contributed by atoms with Gasteiger partial charge in [0.15, 0.2) is 0 Å². The zero-order chi connectivity index (χ0) is 11.3. The molecule has 1 fully saturated rings. The Bertz CT molecular complexity index is 182. The molecule has 2 unspecified atom stereocenters. The molecule has 0 bridgehead atoms. The zero-order valence-corrected chi connectivity index (χ0v) is 11.1. The lowest BCUT2D eigenvalue weighted by Crippen LogP contribution is -2.10. The van der Waals surface area contributed by atoms with Crippen molar-refractivity contribution in [2.75, 3.05) is 0 Å². The van der Waals surface area contributed by atoms with E-state index in [1.165, 1.54) is 12.8 Å². The first-order valence-electron chi connectivity index (χ1n) is 6.17. The van der Waals surface area contributed by atoms with Crippen molar-refractivity contribution in [1.82, 2.24) is 0 Å². The molecular formula is C14H28. The lowest BCUT2D eigenvalue weighted by atomic mass is 9.87. The minimum atomic E-state index is 0.858. The van der Waals surface area contributed by atoms with Crippen LogP contribution in [0, 0.1) is 17.8 Å². The summed E-state index contributed by atoms with van der Waals surface area (Å²) in [6, 6.07) is 0. The van der Waals surface area contributed by atoms with Crippen molar-refractivity contribution < 1.29 is 0 Å². The molecule has 0 amide bonds. The Morgan fingerprint density at radius 2 is 1.64 bits per heavy atom. The summed E-state index contributed by atoms with van der Waals surface area (Å²) in [6.07, 6.45) is 2.71. The van der Waals surface area contributed by atoms with Gasteiger partial charge >= 0.3 is 0 Å². The van der Waals surface area contributed by atoms with E-state index < -0.39 is 0 Å². The second-order valence-corrected chi connectivity index (χ2v) is 4.90. The first-order chi connectivity index (χ1) is 6.52. The molecule has 0 heteroatoms. The Morgan fingerprint density at radius 3 is 1.86 bits per heavy atom. The van der Waals surface area contributed by atoms with Gasteiger partial charge in [-0.3, -0.25) is 0 Å². The van der Waals surface area contributed by atoms with E-state index in [4.69, 9.17) is 0 Å². The van der Waals surface area contributed by atoms with Gasteiger partial charge in [-0.1, -0.05) is 45.8 Å². The van der Waals surface area contributed by atoms with Gasteiger partial charge in [-0.15, -0.1) is 0 Å². The van der Waals surface area contributed by atoms with Crippen LogP contribution in [0.25, 0.3) is 0 Å². The predicted octanol–water partition coefficient (Wildman–Crippen LogP) is 5.05. The summed E-state index contributed by atoms with van der Waals surface area (Å²) in [5.41, 5.74) is 3.28. The third-order valence-corrected chi connectivity index (χ3v) is 3.34. The van der Waals surface area contributed by atoms with Crippen LogP contribution in [0.15, 0.2) is 11.1 Å². The van der Waals surface area contributed by atoms with E-state index >= 15 is 0 Å². The molecule has 0 heterocycles. The summed E-state index contributed by atoms with van der Waals surface area (Å²) < 4.78 is 0. The highest BCUT2D eigenvalue weighted by molar-refractivity contribution is 5.16. The Hall–Kier alpha value is -0.260. The number of rotatable bonds is 1. The van der Waals surface area contributed by atoms with Crippen LogP contribution in [-0.4, -0.2) is 0 Å². The van der Waals surface area contributed by atoms with Gasteiger partial charge in [0.25, 0.3) is 0 Å². The van der Waals surface area contributed by atoms with Crippen molar-refractivity contribution in [2.45, 2.75) is 61.3 Å². The molecule has 1 saturated carbocycles. The summed E-state index contributed by atoms with van der Waals surface area (Å²) in [4.78, 5) is 0. The van der Waals surface area contributed by atoms with Crippen molar-refractivity contribution in [1.29, 1.82) is 0 Å². The van der Waals surface area contributed by atoms with Crippen LogP contribution in [-0.2, 0) is 0 Å². The topological polar surface area (TPSA) is 0 Å². The zero-order valence-electron chi connectivity index (χ0n) is 11.1. The third kappa shape index (κ3) is 3.48. The molecule has 0 aromatic carbocycles. The summed E-state index contributed by atoms with van der Waals surface area (Å²) >= 11 is 0. The van der Waals surface area contributed by atoms with Crippen LogP contribution in [0.2, 0.25) is 0 Å². The molecule has 84 valence electrons. The molecule has 14 heavy (non-hydrogen) atoms. The van der Waals surface area contributed by atoms with Gasteiger partial charge in [0.2, 0.25) is 0 Å². The average Bonchev–Trinajstić information content (AvgIpc) is 2.51. The van der Waals surface area contributed by atoms with E-state index in [0.29, 0.717) is 0 Å². The van der Waals surface area contributed by atoms with Gasteiger partial charge < -0.3 is 0 Å². The summed E-state index contributed by atoms with van der Waals surface area (Å²) in [5.74, 6) is 2.71. The van der Waals surface area contributed by atoms with Gasteiger partial charge in [0.1, 0.15) is 0 Å². The summed E-state index contributed by atoms with van der Waals surface area (Å²) in [7, 11) is 0. The van der Waals surface area contributed by atoms with Gasteiger partial charge in [0, 0.05) is 0 Å². The van der Waals surface area contributed by atoms with Crippen LogP contribution >= 0.6 is 0 Å². The maximum atomic E-state index is 2.40. The van der Waals surface area contributed by atoms with E-state index in [-0.39, 0.29) is 0 Å². The Morgan fingerprint density at radius 1 is 1.14 bits per heavy atom. The third-order valence-electron chi connectivity index (χ3n) is 3.34. The highest BCUT2D eigenvalue weighted by Crippen LogP contribution is 2.41. The highest BCUT2D eigenvalue weighted by Gasteiger charge is 2.29. The second-order valence-electron chi connectivity index (χ2n) is 4.90. The standard InChI is InChI=1S/C12H22.C2H6/c1-8(2)11-6-10(5)12(7-11)9(3)4;1-2/h9-10,12H,6-7H2,1-5H3;1-2H3. The van der Waals surface area contributed by atoms with Crippen molar-refractivity contribution in [3.05, 3.63) is 11.1 Å². The minimum Gasteiger partial charge on any atom is -0.0772 e. The first kappa shape index (κ1) is 13.7. The van der Waals surface area contributed by atoms with E-state index in [1.807, 2.05) is 13.8 Å². The SMILES string of the molecule is CC.CC(C)=C1CC(C)C(C(C)C)C1. The fourth-order valence-electron chi connectivity index (χ4n) is 2.41. The van der Waals surface area contributed by atoms with Crippen LogP contribution in [0.3, 0.4) is 0 Å². The molecule has 1 aliphatic carbocycles. The Labute approximate surface area is 90.8 Å². The summed E-state index contributed by atoms with van der Waals surface area (Å²) in [5, 5.41) is 0. The Balaban J connectivity index is 0.000000791. The number of hydrogen-bond donors (Lipinski definition) is 0. The molecule has 0 aromatic heterocycles. The average molecular weight is 196 g/mol. The quantitative estimate of drug-likeness (QED) is 0.515. The maximum absolute atomic E-state index is 2.40. The van der Waals surface area contributed by atoms with Gasteiger partial charge in [0.05, 0.1) is 0 Å². The fraction of sp³-hybridized carbons (Fsp3) is 0.857. The first-order valence-corrected chi connectivity index (χ1v) is 6.17. The van der Waals surface area contributed by atoms with Gasteiger partial charge in [-0.05, 0) is 44.4 Å². The van der Waals surface area contributed by atoms with E-state index in [2.05, 4.69) is 34.6 Å². The molecule has 0 saturated heterocycles. The molecule has 1 rings (SSSR count). The van der Waals surface area contributed by atoms with Crippen molar-refractivity contribution in [3.8, 4) is 0 Å². The largest absolute Gasteiger partial charge is 0.0772 e. The lowest BCUT2D eigenvalue weighted by molar-refractivity contribution is 0.315. The molecule has 0 N–H and O–H groups in total. The normalized spacial score (nSPS) is 26.1. The van der Waals surface area contributed by atoms with Crippen molar-refractivity contribution in [2.24, 2.45) is 17.8 Å². The number of hydrogen-bond acceptors (Lipinski definition) is 0. The van der Waals surface area contributed by atoms with E-state index in [9.17, 15) is 0 Å². The Kier molecular flexibility index (Phi) is 6.15. The monoisotopic (exact) mass is 196 g/mol. The van der Waals surface area contributed by atoms with E-state index in [1.54, 1.807) is 11.1 Å². The molecule has 0 spiro atoms. The highest BCUT2D eigenvalue weighted by atomic mass is 14.3. The maximum Gasteiger partial charge on any atom is -0.0284 e. The van der Waals surface area contributed by atoms with Crippen LogP contribution in [0.4, 0.5) is 0 Å². The van der Waals surface area contributed by atoms with Crippen LogP contribution < -0.4 is 0 Å². The minimum absolute atomic E-state index is 0.858. The van der Waals surface area contributed by atoms with Gasteiger partial charge in [-0.2, -0.15) is 0 Å². The summed E-state index contributed by atoms with van der Waals surface area (Å²) in [6.45, 7) is 15.6. The van der Waals surface area contributed by atoms with Crippen LogP contribution in [0.5, 0.6) is 0 Å². The molecule has 0 aromatic rings. The molecule has 1 aliphatic rings. The van der Waals surface area contributed by atoms with Crippen molar-refractivity contribution >= 4 is 0 Å². The predicted molar refractivity (Wildman–Crippen MR) is 66.4 cm³/mol. The second kappa shape index (κ2) is 6.27.